The van der Waals surface area contributed by atoms with Crippen molar-refractivity contribution in [2.24, 2.45) is 0 Å². The van der Waals surface area contributed by atoms with Gasteiger partial charge in [0.1, 0.15) is 29.0 Å². The number of aliphatic hydroxyl groups is 1. The average Bonchev–Trinajstić information content (AvgIpc) is 3.35. The van der Waals surface area contributed by atoms with E-state index in [9.17, 15) is 19.8 Å². The number of phenolic OH excluding ortho intramolecular Hbond substituents is 1. The van der Waals surface area contributed by atoms with E-state index >= 15 is 0 Å². The summed E-state index contributed by atoms with van der Waals surface area (Å²) in [5, 5.41) is 23.8. The van der Waals surface area contributed by atoms with Gasteiger partial charge in [0, 0.05) is 10.9 Å². The Morgan fingerprint density at radius 1 is 1.06 bits per heavy atom. The zero-order valence-corrected chi connectivity index (χ0v) is 19.9. The number of amides is 1. The van der Waals surface area contributed by atoms with Crippen LogP contribution in [0.2, 0.25) is 0 Å². The molecule has 176 valence electrons. The number of hydrogen-bond acceptors (Lipinski definition) is 7. The van der Waals surface area contributed by atoms with Gasteiger partial charge < -0.3 is 19.7 Å². The fraction of sp³-hybridized carbons (Fsp3) is 0.231. The van der Waals surface area contributed by atoms with Crippen molar-refractivity contribution in [3.05, 3.63) is 75.5 Å². The number of aromatic hydroxyl groups is 1. The van der Waals surface area contributed by atoms with Gasteiger partial charge in [0.05, 0.1) is 30.0 Å². The molecule has 34 heavy (non-hydrogen) atoms. The lowest BCUT2D eigenvalue weighted by Gasteiger charge is -2.25. The van der Waals surface area contributed by atoms with Crippen LogP contribution in [-0.4, -0.2) is 35.1 Å². The summed E-state index contributed by atoms with van der Waals surface area (Å²) in [6, 6.07) is 12.2. The van der Waals surface area contributed by atoms with Crippen molar-refractivity contribution in [1.29, 1.82) is 0 Å². The number of ether oxygens (including phenoxy) is 2. The van der Waals surface area contributed by atoms with Gasteiger partial charge in [0.25, 0.3) is 11.7 Å². The predicted octanol–water partition coefficient (Wildman–Crippen LogP) is 5.19. The number of carbonyl (C=O) groups is 2. The molecule has 0 aliphatic carbocycles. The first-order valence-corrected chi connectivity index (χ1v) is 11.8. The molecule has 7 nitrogen and oxygen atoms in total. The summed E-state index contributed by atoms with van der Waals surface area (Å²) in [4.78, 5) is 28.5. The number of benzene rings is 2. The Morgan fingerprint density at radius 2 is 1.79 bits per heavy atom. The zero-order chi connectivity index (χ0) is 24.4. The van der Waals surface area contributed by atoms with Gasteiger partial charge >= 0.3 is 0 Å². The van der Waals surface area contributed by atoms with E-state index in [1.165, 1.54) is 22.3 Å². The van der Waals surface area contributed by atoms with Crippen LogP contribution < -0.4 is 14.4 Å². The Hall–Kier alpha value is -3.78. The third-order valence-electron chi connectivity index (χ3n) is 5.55. The maximum Gasteiger partial charge on any atom is 0.300 e. The molecule has 0 saturated carbocycles. The van der Waals surface area contributed by atoms with Crippen LogP contribution in [0.3, 0.4) is 0 Å². The van der Waals surface area contributed by atoms with E-state index in [1.54, 1.807) is 36.4 Å². The Kier molecular flexibility index (Phi) is 6.61. The van der Waals surface area contributed by atoms with Gasteiger partial charge in [-0.2, -0.15) is 0 Å². The molecule has 2 aromatic carbocycles. The summed E-state index contributed by atoms with van der Waals surface area (Å²) in [6.45, 7) is 6.33. The van der Waals surface area contributed by atoms with E-state index in [-0.39, 0.29) is 28.3 Å². The lowest BCUT2D eigenvalue weighted by atomic mass is 9.97. The molecule has 0 spiro atoms. The fourth-order valence-electron chi connectivity index (χ4n) is 4.04. The molecule has 1 amide bonds. The molecule has 1 aliphatic heterocycles. The van der Waals surface area contributed by atoms with Crippen LogP contribution in [0.5, 0.6) is 17.2 Å². The van der Waals surface area contributed by atoms with Gasteiger partial charge in [0.2, 0.25) is 0 Å². The first kappa shape index (κ1) is 23.4. The van der Waals surface area contributed by atoms with Gasteiger partial charge in [0.15, 0.2) is 0 Å². The number of ketones is 1. The van der Waals surface area contributed by atoms with E-state index in [0.717, 1.165) is 5.56 Å². The Morgan fingerprint density at radius 3 is 2.44 bits per heavy atom. The molecular formula is C26H25NO6S. The van der Waals surface area contributed by atoms with Gasteiger partial charge in [-0.25, -0.2) is 0 Å². The second kappa shape index (κ2) is 9.61. The summed E-state index contributed by atoms with van der Waals surface area (Å²) in [5.74, 6) is -1.26. The standard InChI is InChI=1S/C26H25NO6S/c1-4-32-16-10-11-17(20(14-16)33-5-2)23(29)21-22(25-15(3)12-13-34-25)27(26(31)24(21)30)18-8-6-7-9-19(18)28/h6-14,22,28-29H,4-5H2,1-3H3/b23-21+. The summed E-state index contributed by atoms with van der Waals surface area (Å²) in [5.41, 5.74) is 1.27. The molecule has 4 rings (SSSR count). The topological polar surface area (TPSA) is 96.3 Å². The van der Waals surface area contributed by atoms with Gasteiger partial charge in [-0.1, -0.05) is 12.1 Å². The minimum absolute atomic E-state index is 0.0658. The van der Waals surface area contributed by atoms with Gasteiger partial charge in [-0.05, 0) is 62.0 Å². The molecule has 1 atom stereocenters. The quantitative estimate of drug-likeness (QED) is 0.275. The number of thiophene rings is 1. The Balaban J connectivity index is 1.96. The van der Waals surface area contributed by atoms with Crippen LogP contribution in [-0.2, 0) is 9.59 Å². The summed E-state index contributed by atoms with van der Waals surface area (Å²) in [7, 11) is 0. The molecule has 1 aromatic heterocycles. The second-order valence-corrected chi connectivity index (χ2v) is 8.60. The van der Waals surface area contributed by atoms with Crippen molar-refractivity contribution in [1.82, 2.24) is 0 Å². The molecule has 0 bridgehead atoms. The first-order chi connectivity index (χ1) is 16.4. The van der Waals surface area contributed by atoms with Crippen molar-refractivity contribution in [3.8, 4) is 17.2 Å². The van der Waals surface area contributed by atoms with Crippen LogP contribution in [0, 0.1) is 6.92 Å². The number of hydrogen-bond donors (Lipinski definition) is 2. The molecular weight excluding hydrogens is 454 g/mol. The van der Waals surface area contributed by atoms with E-state index in [1.807, 2.05) is 32.2 Å². The number of aryl methyl sites for hydroxylation is 1. The maximum atomic E-state index is 13.3. The van der Waals surface area contributed by atoms with Crippen molar-refractivity contribution < 1.29 is 29.3 Å². The van der Waals surface area contributed by atoms with Crippen LogP contribution in [0.15, 0.2) is 59.5 Å². The Bertz CT molecular complexity index is 1280. The largest absolute Gasteiger partial charge is 0.507 e. The monoisotopic (exact) mass is 479 g/mol. The second-order valence-electron chi connectivity index (χ2n) is 7.65. The third-order valence-corrected chi connectivity index (χ3v) is 6.63. The smallest absolute Gasteiger partial charge is 0.300 e. The summed E-state index contributed by atoms with van der Waals surface area (Å²) >= 11 is 1.37. The number of para-hydroxylation sites is 2. The highest BCUT2D eigenvalue weighted by Gasteiger charge is 2.48. The zero-order valence-electron chi connectivity index (χ0n) is 19.1. The van der Waals surface area contributed by atoms with Crippen molar-refractivity contribution in [2.75, 3.05) is 18.1 Å². The molecule has 2 heterocycles. The van der Waals surface area contributed by atoms with Crippen LogP contribution in [0.1, 0.15) is 35.9 Å². The minimum Gasteiger partial charge on any atom is -0.507 e. The highest BCUT2D eigenvalue weighted by molar-refractivity contribution is 7.10. The van der Waals surface area contributed by atoms with Crippen molar-refractivity contribution in [3.63, 3.8) is 0 Å². The maximum absolute atomic E-state index is 13.3. The van der Waals surface area contributed by atoms with Gasteiger partial charge in [-0.3, -0.25) is 14.5 Å². The lowest BCUT2D eigenvalue weighted by Crippen LogP contribution is -2.29. The lowest BCUT2D eigenvalue weighted by molar-refractivity contribution is -0.132. The fourth-order valence-corrected chi connectivity index (χ4v) is 5.06. The number of rotatable bonds is 7. The highest BCUT2D eigenvalue weighted by atomic mass is 32.1. The van der Waals surface area contributed by atoms with Gasteiger partial charge in [-0.15, -0.1) is 11.3 Å². The Labute approximate surface area is 201 Å². The first-order valence-electron chi connectivity index (χ1n) is 10.9. The van der Waals surface area contributed by atoms with Crippen LogP contribution in [0.25, 0.3) is 5.76 Å². The van der Waals surface area contributed by atoms with E-state index in [2.05, 4.69) is 0 Å². The molecule has 0 radical (unpaired) electrons. The normalized spacial score (nSPS) is 17.3. The van der Waals surface area contributed by atoms with Crippen LogP contribution >= 0.6 is 11.3 Å². The molecule has 1 unspecified atom stereocenters. The minimum atomic E-state index is -0.908. The highest BCUT2D eigenvalue weighted by Crippen LogP contribution is 2.47. The summed E-state index contributed by atoms with van der Waals surface area (Å²) in [6.07, 6.45) is 0. The van der Waals surface area contributed by atoms with E-state index in [4.69, 9.17) is 9.47 Å². The third kappa shape index (κ3) is 4.01. The van der Waals surface area contributed by atoms with Crippen molar-refractivity contribution in [2.45, 2.75) is 26.8 Å². The molecule has 1 fully saturated rings. The van der Waals surface area contributed by atoms with E-state index < -0.39 is 17.7 Å². The van der Waals surface area contributed by atoms with Crippen molar-refractivity contribution >= 4 is 34.5 Å². The number of nitrogens with zero attached hydrogens (tertiary/aromatic N) is 1. The SMILES string of the molecule is CCOc1ccc(/C(O)=C2\C(=O)C(=O)N(c3ccccc3O)C2c2sccc2C)c(OCC)c1. The number of anilines is 1. The molecule has 1 saturated heterocycles. The van der Waals surface area contributed by atoms with E-state index in [0.29, 0.717) is 29.6 Å². The average molecular weight is 480 g/mol. The molecule has 8 heteroatoms. The number of Topliss-reactive ketones (excluding diaryl/α,β-unsaturated/α-hetero) is 1. The number of aliphatic hydroxyl groups excluding tert-OH is 1. The summed E-state index contributed by atoms with van der Waals surface area (Å²) < 4.78 is 11.3. The molecule has 2 N–H and O–H groups in total. The predicted molar refractivity (Wildman–Crippen MR) is 131 cm³/mol. The number of carbonyl (C=O) groups excluding carboxylic acids is 2. The van der Waals surface area contributed by atoms with Crippen LogP contribution in [0.4, 0.5) is 5.69 Å². The number of phenols is 1. The molecule has 1 aliphatic rings. The molecule has 3 aromatic rings.